The predicted molar refractivity (Wildman–Crippen MR) is 85.7 cm³/mol. The van der Waals surface area contributed by atoms with E-state index in [4.69, 9.17) is 20.6 Å². The van der Waals surface area contributed by atoms with Crippen LogP contribution in [0.5, 0.6) is 0 Å². The molecule has 0 N–H and O–H groups in total. The van der Waals surface area contributed by atoms with E-state index in [0.29, 0.717) is 22.3 Å². The van der Waals surface area contributed by atoms with Gasteiger partial charge in [0.05, 0.1) is 5.02 Å². The fourth-order valence-electron chi connectivity index (χ4n) is 2.20. The molecule has 0 fully saturated rings. The van der Waals surface area contributed by atoms with E-state index in [0.717, 1.165) is 11.1 Å². The summed E-state index contributed by atoms with van der Waals surface area (Å²) in [6.45, 7) is 0. The molecule has 0 aliphatic carbocycles. The quantitative estimate of drug-likeness (QED) is 0.546. The molecule has 0 aliphatic rings. The maximum atomic E-state index is 6.17. The van der Waals surface area contributed by atoms with E-state index >= 15 is 0 Å². The molecule has 0 saturated heterocycles. The summed E-state index contributed by atoms with van der Waals surface area (Å²) in [6, 6.07) is 18.7. The van der Waals surface area contributed by atoms with Gasteiger partial charge in [0.25, 0.3) is 5.89 Å². The molecule has 23 heavy (non-hydrogen) atoms. The number of halogens is 1. The molecule has 4 rings (SSSR count). The van der Waals surface area contributed by atoms with Crippen molar-refractivity contribution in [2.45, 2.75) is 0 Å². The zero-order valence-corrected chi connectivity index (χ0v) is 12.6. The van der Waals surface area contributed by atoms with Crippen LogP contribution in [-0.2, 0) is 0 Å². The van der Waals surface area contributed by atoms with Gasteiger partial charge in [0.2, 0.25) is 11.6 Å². The van der Waals surface area contributed by atoms with Crippen LogP contribution in [-0.4, -0.2) is 15.3 Å². The molecule has 4 aromatic rings. The van der Waals surface area contributed by atoms with Crippen molar-refractivity contribution in [2.75, 3.05) is 0 Å². The van der Waals surface area contributed by atoms with Gasteiger partial charge in [-0.25, -0.2) is 0 Å². The Morgan fingerprint density at radius 1 is 0.826 bits per heavy atom. The standard InChI is InChI=1S/C17H10ClN3O2/c18-13-9-5-4-8-12(13)14-10-15(22-20-14)17-19-16(21-23-17)11-6-2-1-3-7-11/h1-10H. The number of nitrogens with zero attached hydrogens (tertiary/aromatic N) is 3. The Hall–Kier alpha value is -2.92. The molecule has 0 saturated carbocycles. The lowest BCUT2D eigenvalue weighted by Crippen LogP contribution is -1.79. The maximum absolute atomic E-state index is 6.17. The minimum Gasteiger partial charge on any atom is -0.350 e. The van der Waals surface area contributed by atoms with E-state index in [9.17, 15) is 0 Å². The van der Waals surface area contributed by atoms with E-state index in [1.165, 1.54) is 0 Å². The fourth-order valence-corrected chi connectivity index (χ4v) is 2.43. The lowest BCUT2D eigenvalue weighted by atomic mass is 10.1. The van der Waals surface area contributed by atoms with Gasteiger partial charge < -0.3 is 9.05 Å². The van der Waals surface area contributed by atoms with E-state index < -0.39 is 0 Å². The molecule has 0 bridgehead atoms. The first-order valence-electron chi connectivity index (χ1n) is 6.92. The SMILES string of the molecule is Clc1ccccc1-c1cc(-c2nc(-c3ccccc3)no2)on1. The summed E-state index contributed by atoms with van der Waals surface area (Å²) in [5, 5.41) is 8.58. The number of rotatable bonds is 3. The first kappa shape index (κ1) is 13.7. The van der Waals surface area contributed by atoms with E-state index in [1.807, 2.05) is 48.5 Å². The molecule has 0 radical (unpaired) electrons. The number of benzene rings is 2. The molecule has 0 atom stereocenters. The average molecular weight is 324 g/mol. The summed E-state index contributed by atoms with van der Waals surface area (Å²) in [5.41, 5.74) is 2.27. The predicted octanol–water partition coefficient (Wildman–Crippen LogP) is 4.71. The largest absolute Gasteiger partial charge is 0.350 e. The first-order valence-corrected chi connectivity index (χ1v) is 7.30. The second-order valence-electron chi connectivity index (χ2n) is 4.85. The Kier molecular flexibility index (Phi) is 3.40. The molecule has 5 nitrogen and oxygen atoms in total. The van der Waals surface area contributed by atoms with Crippen LogP contribution in [0.4, 0.5) is 0 Å². The summed E-state index contributed by atoms with van der Waals surface area (Å²) in [4.78, 5) is 4.34. The Labute approximate surface area is 136 Å². The van der Waals surface area contributed by atoms with Gasteiger partial charge in [-0.1, -0.05) is 70.4 Å². The van der Waals surface area contributed by atoms with Crippen molar-refractivity contribution in [3.05, 3.63) is 65.7 Å². The highest BCUT2D eigenvalue weighted by Crippen LogP contribution is 2.30. The van der Waals surface area contributed by atoms with Crippen LogP contribution in [0, 0.1) is 0 Å². The zero-order chi connectivity index (χ0) is 15.6. The zero-order valence-electron chi connectivity index (χ0n) is 11.8. The minimum absolute atomic E-state index is 0.273. The lowest BCUT2D eigenvalue weighted by Gasteiger charge is -1.96. The summed E-state index contributed by atoms with van der Waals surface area (Å²) < 4.78 is 10.6. The van der Waals surface area contributed by atoms with Crippen molar-refractivity contribution in [1.29, 1.82) is 0 Å². The highest BCUT2D eigenvalue weighted by molar-refractivity contribution is 6.33. The maximum Gasteiger partial charge on any atom is 0.296 e. The molecule has 2 aromatic carbocycles. The van der Waals surface area contributed by atoms with Crippen LogP contribution in [0.15, 0.2) is 69.7 Å². The molecule has 112 valence electrons. The number of hydrogen-bond donors (Lipinski definition) is 0. The minimum atomic E-state index is 0.273. The summed E-state index contributed by atoms with van der Waals surface area (Å²) in [6.07, 6.45) is 0. The Bertz CT molecular complexity index is 947. The van der Waals surface area contributed by atoms with Gasteiger partial charge in [-0.2, -0.15) is 4.98 Å². The Morgan fingerprint density at radius 2 is 1.61 bits per heavy atom. The summed E-state index contributed by atoms with van der Waals surface area (Å²) >= 11 is 6.17. The van der Waals surface area contributed by atoms with E-state index in [2.05, 4.69) is 15.3 Å². The topological polar surface area (TPSA) is 65.0 Å². The van der Waals surface area contributed by atoms with Gasteiger partial charge in [-0.3, -0.25) is 0 Å². The molecule has 0 amide bonds. The van der Waals surface area contributed by atoms with Gasteiger partial charge in [-0.05, 0) is 6.07 Å². The molecule has 2 aromatic heterocycles. The molecule has 0 spiro atoms. The van der Waals surface area contributed by atoms with Crippen molar-refractivity contribution in [1.82, 2.24) is 15.3 Å². The van der Waals surface area contributed by atoms with Crippen molar-refractivity contribution in [3.8, 4) is 34.3 Å². The molecular formula is C17H10ClN3O2. The van der Waals surface area contributed by atoms with Gasteiger partial charge in [0.1, 0.15) is 5.69 Å². The number of aromatic nitrogens is 3. The third-order valence-corrected chi connectivity index (χ3v) is 3.66. The van der Waals surface area contributed by atoms with Gasteiger partial charge >= 0.3 is 0 Å². The Balaban J connectivity index is 1.68. The van der Waals surface area contributed by atoms with Gasteiger partial charge in [0, 0.05) is 17.2 Å². The summed E-state index contributed by atoms with van der Waals surface area (Å²) in [5.74, 6) is 1.17. The van der Waals surface area contributed by atoms with Crippen LogP contribution in [0.2, 0.25) is 5.02 Å². The van der Waals surface area contributed by atoms with Crippen LogP contribution in [0.1, 0.15) is 0 Å². The monoisotopic (exact) mass is 323 g/mol. The second kappa shape index (κ2) is 5.70. The molecule has 0 aliphatic heterocycles. The number of hydrogen-bond acceptors (Lipinski definition) is 5. The fraction of sp³-hybridized carbons (Fsp3) is 0. The normalized spacial score (nSPS) is 10.8. The third-order valence-electron chi connectivity index (χ3n) is 3.33. The highest BCUT2D eigenvalue weighted by Gasteiger charge is 2.17. The van der Waals surface area contributed by atoms with Crippen molar-refractivity contribution in [2.24, 2.45) is 0 Å². The van der Waals surface area contributed by atoms with Crippen molar-refractivity contribution in [3.63, 3.8) is 0 Å². The molecule has 6 heteroatoms. The third kappa shape index (κ3) is 2.62. The van der Waals surface area contributed by atoms with Gasteiger partial charge in [-0.15, -0.1) is 0 Å². The first-order chi connectivity index (χ1) is 11.3. The van der Waals surface area contributed by atoms with Crippen LogP contribution >= 0.6 is 11.6 Å². The van der Waals surface area contributed by atoms with Crippen LogP contribution in [0.3, 0.4) is 0 Å². The van der Waals surface area contributed by atoms with E-state index in [-0.39, 0.29) is 5.89 Å². The van der Waals surface area contributed by atoms with Crippen molar-refractivity contribution >= 4 is 11.6 Å². The lowest BCUT2D eigenvalue weighted by molar-refractivity contribution is 0.386. The second-order valence-corrected chi connectivity index (χ2v) is 5.25. The van der Waals surface area contributed by atoms with Crippen LogP contribution < -0.4 is 0 Å². The smallest absolute Gasteiger partial charge is 0.296 e. The highest BCUT2D eigenvalue weighted by atomic mass is 35.5. The van der Waals surface area contributed by atoms with Crippen molar-refractivity contribution < 1.29 is 9.05 Å². The average Bonchev–Trinajstić information content (AvgIpc) is 3.25. The Morgan fingerprint density at radius 3 is 2.43 bits per heavy atom. The molecule has 0 unspecified atom stereocenters. The molecular weight excluding hydrogens is 314 g/mol. The van der Waals surface area contributed by atoms with Gasteiger partial charge in [0.15, 0.2) is 0 Å². The summed E-state index contributed by atoms with van der Waals surface area (Å²) in [7, 11) is 0. The molecule has 2 heterocycles. The van der Waals surface area contributed by atoms with E-state index in [1.54, 1.807) is 12.1 Å². The van der Waals surface area contributed by atoms with Crippen LogP contribution in [0.25, 0.3) is 34.3 Å².